The van der Waals surface area contributed by atoms with Crippen molar-refractivity contribution in [2.45, 2.75) is 18.9 Å². The van der Waals surface area contributed by atoms with Crippen LogP contribution in [-0.2, 0) is 0 Å². The third-order valence-electron chi connectivity index (χ3n) is 4.43. The summed E-state index contributed by atoms with van der Waals surface area (Å²) < 4.78 is 1.15. The molecule has 1 aromatic carbocycles. The number of Topliss-reactive ketones (excluding diaryl/α,β-unsaturated/α-hetero) is 1. The highest BCUT2D eigenvalue weighted by Gasteiger charge is 2.41. The number of rotatable bonds is 3. The number of hydrogen-bond acceptors (Lipinski definition) is 3. The maximum atomic E-state index is 12.2. The fraction of sp³-hybridized carbons (Fsp3) is 0.533. The van der Waals surface area contributed by atoms with E-state index < -0.39 is 0 Å². The molecule has 0 amide bonds. The number of carbonyl (C=O) groups excluding carboxylic acids is 1. The predicted molar refractivity (Wildman–Crippen MR) is 82.2 cm³/mol. The van der Waals surface area contributed by atoms with Crippen molar-refractivity contribution in [1.29, 1.82) is 0 Å². The lowest BCUT2D eigenvalue weighted by molar-refractivity contribution is 0.0920. The molecule has 2 fully saturated rings. The number of carbonyl (C=O) groups is 1. The van der Waals surface area contributed by atoms with E-state index in [1.54, 1.807) is 0 Å². The fourth-order valence-electron chi connectivity index (χ4n) is 3.39. The van der Waals surface area contributed by atoms with E-state index in [-0.39, 0.29) is 11.9 Å². The fourth-order valence-corrected chi connectivity index (χ4v) is 3.75. The molecule has 1 aliphatic heterocycles. The van der Waals surface area contributed by atoms with Crippen LogP contribution in [0.1, 0.15) is 23.2 Å². The Labute approximate surface area is 127 Å². The molecular weight excluding hydrogens is 353 g/mol. The topological polar surface area (TPSA) is 40.5 Å². The first-order valence-corrected chi connectivity index (χ1v) is 7.90. The summed E-state index contributed by atoms with van der Waals surface area (Å²) in [5.74, 6) is 1.18. The van der Waals surface area contributed by atoms with Gasteiger partial charge < -0.3 is 5.11 Å². The van der Waals surface area contributed by atoms with Gasteiger partial charge in [0.2, 0.25) is 0 Å². The third kappa shape index (κ3) is 2.85. The van der Waals surface area contributed by atoms with Gasteiger partial charge in [0.25, 0.3) is 0 Å². The molecule has 0 radical (unpaired) electrons. The molecule has 0 bridgehead atoms. The van der Waals surface area contributed by atoms with Gasteiger partial charge in [0.15, 0.2) is 5.78 Å². The Hall–Kier alpha value is -0.460. The zero-order valence-corrected chi connectivity index (χ0v) is 12.9. The molecule has 102 valence electrons. The van der Waals surface area contributed by atoms with Crippen molar-refractivity contribution in [1.82, 2.24) is 4.90 Å². The molecule has 1 saturated carbocycles. The summed E-state index contributed by atoms with van der Waals surface area (Å²) in [7, 11) is 0. The monoisotopic (exact) mass is 371 g/mol. The van der Waals surface area contributed by atoms with E-state index in [1.165, 1.54) is 0 Å². The van der Waals surface area contributed by atoms with Crippen LogP contribution in [0.15, 0.2) is 24.3 Å². The van der Waals surface area contributed by atoms with E-state index in [4.69, 9.17) is 0 Å². The molecule has 2 aliphatic rings. The van der Waals surface area contributed by atoms with Crippen LogP contribution in [0.2, 0.25) is 0 Å². The predicted octanol–water partition coefficient (Wildman–Crippen LogP) is 2.18. The molecule has 4 heteroatoms. The van der Waals surface area contributed by atoms with Crippen LogP contribution in [0.4, 0.5) is 0 Å². The zero-order chi connectivity index (χ0) is 13.4. The molecule has 0 spiro atoms. The van der Waals surface area contributed by atoms with E-state index in [9.17, 15) is 9.90 Å². The quantitative estimate of drug-likeness (QED) is 0.654. The smallest absolute Gasteiger partial charge is 0.176 e. The van der Waals surface area contributed by atoms with Gasteiger partial charge in [0.05, 0.1) is 12.6 Å². The SMILES string of the molecule is O=C(CN1CC2CCC(O)C2C1)c1ccc(I)cc1. The Morgan fingerprint density at radius 3 is 2.68 bits per heavy atom. The molecule has 3 nitrogen and oxygen atoms in total. The number of ketones is 1. The van der Waals surface area contributed by atoms with Crippen LogP contribution in [0.3, 0.4) is 0 Å². The molecule has 1 N–H and O–H groups in total. The van der Waals surface area contributed by atoms with Gasteiger partial charge in [-0.15, -0.1) is 0 Å². The number of aliphatic hydroxyl groups is 1. The lowest BCUT2D eigenvalue weighted by Crippen LogP contribution is -2.30. The average Bonchev–Trinajstić information content (AvgIpc) is 2.93. The van der Waals surface area contributed by atoms with E-state index in [1.807, 2.05) is 24.3 Å². The van der Waals surface area contributed by atoms with Crippen molar-refractivity contribution < 1.29 is 9.90 Å². The summed E-state index contributed by atoms with van der Waals surface area (Å²) in [6.07, 6.45) is 1.90. The Kier molecular flexibility index (Phi) is 3.91. The van der Waals surface area contributed by atoms with Crippen LogP contribution in [0.25, 0.3) is 0 Å². The van der Waals surface area contributed by atoms with E-state index in [2.05, 4.69) is 27.5 Å². The minimum atomic E-state index is -0.150. The number of aliphatic hydroxyl groups excluding tert-OH is 1. The maximum Gasteiger partial charge on any atom is 0.176 e. The first-order chi connectivity index (χ1) is 9.13. The van der Waals surface area contributed by atoms with Crippen LogP contribution in [0, 0.1) is 15.4 Å². The van der Waals surface area contributed by atoms with Crippen molar-refractivity contribution in [3.63, 3.8) is 0 Å². The van der Waals surface area contributed by atoms with Crippen LogP contribution >= 0.6 is 22.6 Å². The van der Waals surface area contributed by atoms with Gasteiger partial charge in [0.1, 0.15) is 0 Å². The number of fused-ring (bicyclic) bond motifs is 1. The maximum absolute atomic E-state index is 12.2. The molecule has 3 rings (SSSR count). The molecule has 1 heterocycles. The van der Waals surface area contributed by atoms with Gasteiger partial charge in [-0.1, -0.05) is 12.1 Å². The van der Waals surface area contributed by atoms with Gasteiger partial charge in [-0.05, 0) is 53.5 Å². The Morgan fingerprint density at radius 1 is 1.26 bits per heavy atom. The standard InChI is InChI=1S/C15H18INO2/c16-12-4-1-10(2-5-12)15(19)9-17-7-11-3-6-14(18)13(11)8-17/h1-2,4-5,11,13-14,18H,3,6-9H2. The lowest BCUT2D eigenvalue weighted by Gasteiger charge is -2.17. The Morgan fingerprint density at radius 2 is 2.00 bits per heavy atom. The normalized spacial score (nSPS) is 30.5. The summed E-state index contributed by atoms with van der Waals surface area (Å²) in [6, 6.07) is 7.73. The van der Waals surface area contributed by atoms with Crippen LogP contribution in [0.5, 0.6) is 0 Å². The summed E-state index contributed by atoms with van der Waals surface area (Å²) in [6.45, 7) is 2.33. The highest BCUT2D eigenvalue weighted by molar-refractivity contribution is 14.1. The van der Waals surface area contributed by atoms with Gasteiger partial charge in [-0.2, -0.15) is 0 Å². The van der Waals surface area contributed by atoms with Gasteiger partial charge in [-0.3, -0.25) is 9.69 Å². The molecule has 3 atom stereocenters. The van der Waals surface area contributed by atoms with Crippen molar-refractivity contribution in [2.75, 3.05) is 19.6 Å². The molecule has 1 aliphatic carbocycles. The van der Waals surface area contributed by atoms with Crippen molar-refractivity contribution in [3.05, 3.63) is 33.4 Å². The zero-order valence-electron chi connectivity index (χ0n) is 10.8. The van der Waals surface area contributed by atoms with Gasteiger partial charge >= 0.3 is 0 Å². The highest BCUT2D eigenvalue weighted by Crippen LogP contribution is 2.37. The number of halogens is 1. The minimum Gasteiger partial charge on any atom is -0.393 e. The van der Waals surface area contributed by atoms with Crippen molar-refractivity contribution in [3.8, 4) is 0 Å². The van der Waals surface area contributed by atoms with Crippen LogP contribution in [-0.4, -0.2) is 41.5 Å². The van der Waals surface area contributed by atoms with E-state index in [0.29, 0.717) is 18.4 Å². The lowest BCUT2D eigenvalue weighted by atomic mass is 10.00. The van der Waals surface area contributed by atoms with Gasteiger partial charge in [-0.25, -0.2) is 0 Å². The van der Waals surface area contributed by atoms with E-state index in [0.717, 1.165) is 35.1 Å². The summed E-state index contributed by atoms with van der Waals surface area (Å²) in [5, 5.41) is 9.89. The largest absolute Gasteiger partial charge is 0.393 e. The van der Waals surface area contributed by atoms with E-state index >= 15 is 0 Å². The summed E-state index contributed by atoms with van der Waals surface area (Å²) in [4.78, 5) is 14.4. The number of benzene rings is 1. The second-order valence-corrected chi connectivity index (χ2v) is 6.94. The molecule has 1 saturated heterocycles. The number of likely N-dealkylation sites (tertiary alicyclic amines) is 1. The third-order valence-corrected chi connectivity index (χ3v) is 5.15. The second kappa shape index (κ2) is 5.50. The number of hydrogen-bond donors (Lipinski definition) is 1. The molecule has 1 aromatic rings. The van der Waals surface area contributed by atoms with Crippen molar-refractivity contribution >= 4 is 28.4 Å². The molecule has 19 heavy (non-hydrogen) atoms. The highest BCUT2D eigenvalue weighted by atomic mass is 127. The summed E-state index contributed by atoms with van der Waals surface area (Å²) >= 11 is 2.24. The summed E-state index contributed by atoms with van der Waals surface area (Å²) in [5.41, 5.74) is 0.790. The molecule has 0 aromatic heterocycles. The van der Waals surface area contributed by atoms with Crippen LogP contribution < -0.4 is 0 Å². The second-order valence-electron chi connectivity index (χ2n) is 5.69. The Balaban J connectivity index is 1.60. The first kappa shape index (κ1) is 13.5. The molecular formula is C15H18INO2. The molecule has 3 unspecified atom stereocenters. The average molecular weight is 371 g/mol. The van der Waals surface area contributed by atoms with Crippen molar-refractivity contribution in [2.24, 2.45) is 11.8 Å². The Bertz CT molecular complexity index is 474. The minimum absolute atomic E-state index is 0.150. The first-order valence-electron chi connectivity index (χ1n) is 6.82. The number of nitrogens with zero attached hydrogens (tertiary/aromatic N) is 1. The van der Waals surface area contributed by atoms with Gasteiger partial charge in [0, 0.05) is 28.1 Å².